The van der Waals surface area contributed by atoms with Gasteiger partial charge >= 0.3 is 5.97 Å². The Kier molecular flexibility index (Phi) is 4.70. The Labute approximate surface area is 120 Å². The van der Waals surface area contributed by atoms with Gasteiger partial charge in [-0.2, -0.15) is 0 Å². The van der Waals surface area contributed by atoms with Gasteiger partial charge in [-0.15, -0.1) is 0 Å². The predicted octanol–water partition coefficient (Wildman–Crippen LogP) is 2.65. The first-order valence-electron chi connectivity index (χ1n) is 7.26. The van der Waals surface area contributed by atoms with Crippen LogP contribution in [-0.2, 0) is 4.79 Å². The van der Waals surface area contributed by atoms with Crippen molar-refractivity contribution in [3.8, 4) is 0 Å². The molecule has 110 valence electrons. The van der Waals surface area contributed by atoms with Crippen LogP contribution in [0.2, 0.25) is 0 Å². The lowest BCUT2D eigenvalue weighted by Gasteiger charge is -2.46. The molecule has 1 aliphatic rings. The molecule has 0 radical (unpaired) electrons. The molecule has 0 aliphatic heterocycles. The maximum absolute atomic E-state index is 11.3. The summed E-state index contributed by atoms with van der Waals surface area (Å²) >= 11 is 0. The average molecular weight is 277 g/mol. The molecular formula is C15H23N3O2. The molecule has 1 aromatic heterocycles. The summed E-state index contributed by atoms with van der Waals surface area (Å²) in [5, 5.41) is 9.28. The Morgan fingerprint density at radius 3 is 2.65 bits per heavy atom. The van der Waals surface area contributed by atoms with Crippen molar-refractivity contribution in [1.29, 1.82) is 0 Å². The zero-order valence-electron chi connectivity index (χ0n) is 12.2. The van der Waals surface area contributed by atoms with Crippen LogP contribution in [0.4, 0.5) is 0 Å². The van der Waals surface area contributed by atoms with Crippen molar-refractivity contribution in [2.45, 2.75) is 57.0 Å². The quantitative estimate of drug-likeness (QED) is 0.896. The third-order valence-corrected chi connectivity index (χ3v) is 4.60. The Hall–Kier alpha value is -1.49. The first-order valence-corrected chi connectivity index (χ1v) is 7.26. The van der Waals surface area contributed by atoms with Crippen molar-refractivity contribution in [2.75, 3.05) is 7.05 Å². The van der Waals surface area contributed by atoms with Crippen LogP contribution in [0.25, 0.3) is 0 Å². The summed E-state index contributed by atoms with van der Waals surface area (Å²) in [5.74, 6) is -0.718. The van der Waals surface area contributed by atoms with Gasteiger partial charge in [-0.3, -0.25) is 19.7 Å². The first kappa shape index (κ1) is 14.9. The van der Waals surface area contributed by atoms with Crippen LogP contribution in [0, 0.1) is 0 Å². The largest absolute Gasteiger partial charge is 0.481 e. The third-order valence-electron chi connectivity index (χ3n) is 4.60. The monoisotopic (exact) mass is 277 g/mol. The van der Waals surface area contributed by atoms with Crippen LogP contribution in [0.1, 0.15) is 57.2 Å². The minimum Gasteiger partial charge on any atom is -0.481 e. The standard InChI is InChI=1S/C15H23N3O2/c1-12(13-11-16-8-9-17-13)18(2)15(10-14(19)20)6-4-3-5-7-15/h8-9,11-12H,3-7,10H2,1-2H3,(H,19,20). The lowest BCUT2D eigenvalue weighted by Crippen LogP contribution is -2.50. The lowest BCUT2D eigenvalue weighted by molar-refractivity contribution is -0.141. The second-order valence-electron chi connectivity index (χ2n) is 5.77. The highest BCUT2D eigenvalue weighted by Crippen LogP contribution is 2.39. The van der Waals surface area contributed by atoms with Crippen molar-refractivity contribution in [3.63, 3.8) is 0 Å². The van der Waals surface area contributed by atoms with E-state index in [-0.39, 0.29) is 18.0 Å². The van der Waals surface area contributed by atoms with Crippen LogP contribution in [0.15, 0.2) is 18.6 Å². The maximum Gasteiger partial charge on any atom is 0.305 e. The molecule has 5 nitrogen and oxygen atoms in total. The number of aromatic nitrogens is 2. The molecule has 1 unspecified atom stereocenters. The fraction of sp³-hybridized carbons (Fsp3) is 0.667. The molecule has 0 aromatic carbocycles. The third kappa shape index (κ3) is 3.15. The molecule has 1 atom stereocenters. The molecule has 1 aliphatic carbocycles. The Bertz CT molecular complexity index is 444. The Morgan fingerprint density at radius 1 is 1.40 bits per heavy atom. The molecule has 1 N–H and O–H groups in total. The minimum absolute atomic E-state index is 0.0705. The van der Waals surface area contributed by atoms with Gasteiger partial charge in [-0.25, -0.2) is 0 Å². The Morgan fingerprint density at radius 2 is 2.10 bits per heavy atom. The van der Waals surface area contributed by atoms with E-state index in [4.69, 9.17) is 0 Å². The van der Waals surface area contributed by atoms with Gasteiger partial charge in [0.05, 0.1) is 18.2 Å². The number of carboxylic acids is 1. The maximum atomic E-state index is 11.3. The zero-order chi connectivity index (χ0) is 14.6. The highest BCUT2D eigenvalue weighted by atomic mass is 16.4. The number of hydrogen-bond donors (Lipinski definition) is 1. The van der Waals surface area contributed by atoms with Crippen LogP contribution in [0.5, 0.6) is 0 Å². The number of carbonyl (C=O) groups is 1. The molecule has 0 saturated heterocycles. The average Bonchev–Trinajstić information content (AvgIpc) is 2.47. The van der Waals surface area contributed by atoms with Gasteiger partial charge < -0.3 is 5.11 Å². The van der Waals surface area contributed by atoms with Crippen LogP contribution in [0.3, 0.4) is 0 Å². The molecule has 0 bridgehead atoms. The number of aliphatic carboxylic acids is 1. The normalized spacial score (nSPS) is 19.8. The number of nitrogens with zero attached hydrogens (tertiary/aromatic N) is 3. The van der Waals surface area contributed by atoms with Gasteiger partial charge in [0.15, 0.2) is 0 Å². The summed E-state index contributed by atoms with van der Waals surface area (Å²) in [7, 11) is 2.02. The summed E-state index contributed by atoms with van der Waals surface area (Å²) < 4.78 is 0. The van der Waals surface area contributed by atoms with E-state index in [2.05, 4.69) is 21.8 Å². The van der Waals surface area contributed by atoms with Crippen LogP contribution in [-0.4, -0.2) is 38.5 Å². The lowest BCUT2D eigenvalue weighted by atomic mass is 9.77. The molecule has 2 rings (SSSR count). The van der Waals surface area contributed by atoms with E-state index in [0.717, 1.165) is 31.4 Å². The van der Waals surface area contributed by atoms with E-state index in [9.17, 15) is 9.90 Å². The van der Waals surface area contributed by atoms with Gasteiger partial charge in [-0.1, -0.05) is 19.3 Å². The molecule has 1 saturated carbocycles. The molecule has 0 spiro atoms. The fourth-order valence-electron chi connectivity index (χ4n) is 3.28. The summed E-state index contributed by atoms with van der Waals surface area (Å²) in [6.45, 7) is 2.07. The van der Waals surface area contributed by atoms with Gasteiger partial charge in [0, 0.05) is 24.1 Å². The molecule has 5 heteroatoms. The molecule has 1 heterocycles. The van der Waals surface area contributed by atoms with Crippen molar-refractivity contribution in [3.05, 3.63) is 24.3 Å². The molecule has 0 amide bonds. The van der Waals surface area contributed by atoms with E-state index in [1.165, 1.54) is 6.42 Å². The zero-order valence-corrected chi connectivity index (χ0v) is 12.2. The van der Waals surface area contributed by atoms with E-state index in [1.807, 2.05) is 7.05 Å². The molecule has 1 aromatic rings. The minimum atomic E-state index is -0.718. The van der Waals surface area contributed by atoms with Gasteiger partial charge in [-0.05, 0) is 26.8 Å². The van der Waals surface area contributed by atoms with Gasteiger partial charge in [0.1, 0.15) is 0 Å². The summed E-state index contributed by atoms with van der Waals surface area (Å²) in [6, 6.07) is 0.0705. The Balaban J connectivity index is 2.21. The van der Waals surface area contributed by atoms with E-state index >= 15 is 0 Å². The second-order valence-corrected chi connectivity index (χ2v) is 5.77. The van der Waals surface area contributed by atoms with E-state index in [0.29, 0.717) is 0 Å². The molecule has 1 fully saturated rings. The number of rotatable bonds is 5. The molecular weight excluding hydrogens is 254 g/mol. The SMILES string of the molecule is CC(c1cnccn1)N(C)C1(CC(=O)O)CCCCC1. The van der Waals surface area contributed by atoms with E-state index < -0.39 is 5.97 Å². The van der Waals surface area contributed by atoms with Crippen molar-refractivity contribution in [1.82, 2.24) is 14.9 Å². The first-order chi connectivity index (χ1) is 9.55. The second kappa shape index (κ2) is 6.31. The van der Waals surface area contributed by atoms with Crippen molar-refractivity contribution < 1.29 is 9.90 Å². The van der Waals surface area contributed by atoms with E-state index in [1.54, 1.807) is 18.6 Å². The summed E-state index contributed by atoms with van der Waals surface area (Å²) in [4.78, 5) is 21.9. The van der Waals surface area contributed by atoms with Crippen molar-refractivity contribution in [2.24, 2.45) is 0 Å². The number of carboxylic acid groups (broad SMARTS) is 1. The van der Waals surface area contributed by atoms with Gasteiger partial charge in [0.25, 0.3) is 0 Å². The summed E-state index contributed by atoms with van der Waals surface area (Å²) in [6.07, 6.45) is 10.6. The van der Waals surface area contributed by atoms with Crippen LogP contribution >= 0.6 is 0 Å². The van der Waals surface area contributed by atoms with Crippen LogP contribution < -0.4 is 0 Å². The highest BCUT2D eigenvalue weighted by Gasteiger charge is 2.40. The number of hydrogen-bond acceptors (Lipinski definition) is 4. The predicted molar refractivity (Wildman–Crippen MR) is 76.3 cm³/mol. The van der Waals surface area contributed by atoms with Crippen molar-refractivity contribution >= 4 is 5.97 Å². The highest BCUT2D eigenvalue weighted by molar-refractivity contribution is 5.68. The fourth-order valence-corrected chi connectivity index (χ4v) is 3.28. The smallest absolute Gasteiger partial charge is 0.305 e. The van der Waals surface area contributed by atoms with Gasteiger partial charge in [0.2, 0.25) is 0 Å². The molecule has 20 heavy (non-hydrogen) atoms. The topological polar surface area (TPSA) is 66.3 Å². The summed E-state index contributed by atoms with van der Waals surface area (Å²) in [5.41, 5.74) is 0.645.